The summed E-state index contributed by atoms with van der Waals surface area (Å²) in [6, 6.07) is 17.3. The van der Waals surface area contributed by atoms with Crippen molar-refractivity contribution in [2.75, 3.05) is 7.11 Å². The molecule has 0 radical (unpaired) electrons. The number of hydrogen-bond acceptors (Lipinski definition) is 9. The van der Waals surface area contributed by atoms with Crippen LogP contribution < -0.4 is 20.7 Å². The van der Waals surface area contributed by atoms with Gasteiger partial charge in [-0.2, -0.15) is 5.26 Å². The van der Waals surface area contributed by atoms with Crippen LogP contribution in [0.1, 0.15) is 55.2 Å². The fourth-order valence-electron chi connectivity index (χ4n) is 5.99. The number of rotatable bonds is 14. The molecule has 2 heterocycles. The SMILES string of the molecule is COc1cccc2[nH]c(C(=O)N[C@@H](CC(C)C)C(=O)N[C@H](C#N)C[C@@H]3CC(c4ccc(S(=O)(=O)N(F)S(=O)(=O)c5ccccc5)cc4)NC3=O)cc12. The molecule has 1 aliphatic heterocycles. The van der Waals surface area contributed by atoms with E-state index in [1.165, 1.54) is 37.4 Å². The molecule has 0 bridgehead atoms. The van der Waals surface area contributed by atoms with Crippen LogP contribution in [0.4, 0.5) is 4.48 Å². The van der Waals surface area contributed by atoms with E-state index in [1.807, 2.05) is 19.9 Å². The van der Waals surface area contributed by atoms with Gasteiger partial charge in [0.15, 0.2) is 0 Å². The van der Waals surface area contributed by atoms with Crippen molar-refractivity contribution >= 4 is 48.7 Å². The molecule has 1 aliphatic rings. The molecule has 17 heteroatoms. The summed E-state index contributed by atoms with van der Waals surface area (Å²) in [5.41, 5.74) is 1.35. The minimum absolute atomic E-state index is 0.00313. The highest BCUT2D eigenvalue weighted by molar-refractivity contribution is 8.03. The lowest BCUT2D eigenvalue weighted by Crippen LogP contribution is -2.50. The summed E-state index contributed by atoms with van der Waals surface area (Å²) >= 11 is 0. The van der Waals surface area contributed by atoms with Gasteiger partial charge in [0, 0.05) is 16.8 Å². The Kier molecular flexibility index (Phi) is 11.3. The van der Waals surface area contributed by atoms with Gasteiger partial charge in [-0.1, -0.05) is 50.2 Å². The summed E-state index contributed by atoms with van der Waals surface area (Å²) in [5, 5.41) is 18.8. The molecule has 0 aliphatic carbocycles. The van der Waals surface area contributed by atoms with Crippen LogP contribution in [-0.2, 0) is 29.6 Å². The number of aromatic nitrogens is 1. The number of carbonyl (C=O) groups is 3. The summed E-state index contributed by atoms with van der Waals surface area (Å²) < 4.78 is 69.9. The highest BCUT2D eigenvalue weighted by Crippen LogP contribution is 2.32. The van der Waals surface area contributed by atoms with Crippen molar-refractivity contribution in [1.82, 2.24) is 24.9 Å². The molecule has 1 unspecified atom stereocenters. The fraction of sp³-hybridized carbons (Fsp3) is 0.314. The minimum atomic E-state index is -5.10. The second-order valence-corrected chi connectivity index (χ2v) is 16.4. The molecule has 0 saturated carbocycles. The Morgan fingerprint density at radius 1 is 0.981 bits per heavy atom. The highest BCUT2D eigenvalue weighted by atomic mass is 32.3. The summed E-state index contributed by atoms with van der Waals surface area (Å²) in [4.78, 5) is 41.4. The van der Waals surface area contributed by atoms with Gasteiger partial charge in [-0.25, -0.2) is 16.8 Å². The number of aromatic amines is 1. The first-order chi connectivity index (χ1) is 24.6. The first-order valence-corrected chi connectivity index (χ1v) is 19.1. The molecular weight excluding hydrogens is 716 g/mol. The van der Waals surface area contributed by atoms with Crippen molar-refractivity contribution in [2.45, 2.75) is 61.0 Å². The molecule has 3 aromatic carbocycles. The van der Waals surface area contributed by atoms with Gasteiger partial charge in [0.1, 0.15) is 23.5 Å². The lowest BCUT2D eigenvalue weighted by Gasteiger charge is -2.22. The summed E-state index contributed by atoms with van der Waals surface area (Å²) in [6.07, 6.45) is 0.414. The summed E-state index contributed by atoms with van der Waals surface area (Å²) in [7, 11) is -8.59. The zero-order valence-electron chi connectivity index (χ0n) is 28.4. The molecule has 52 heavy (non-hydrogen) atoms. The van der Waals surface area contributed by atoms with Gasteiger partial charge >= 0.3 is 0 Å². The molecular formula is C35H37FN6O8S2. The molecule has 4 atom stereocenters. The first-order valence-electron chi connectivity index (χ1n) is 16.2. The Labute approximate surface area is 300 Å². The number of hydrogen-bond donors (Lipinski definition) is 4. The Balaban J connectivity index is 1.22. The number of halogens is 1. The molecule has 5 rings (SSSR count). The van der Waals surface area contributed by atoms with Crippen molar-refractivity contribution in [2.24, 2.45) is 11.8 Å². The maximum absolute atomic E-state index is 14.9. The van der Waals surface area contributed by atoms with E-state index in [2.05, 4.69) is 20.9 Å². The number of H-pyrrole nitrogens is 1. The average molecular weight is 753 g/mol. The van der Waals surface area contributed by atoms with Crippen LogP contribution in [0.5, 0.6) is 5.75 Å². The lowest BCUT2D eigenvalue weighted by molar-refractivity contribution is -0.125. The molecule has 1 saturated heterocycles. The number of carbonyl (C=O) groups excluding carboxylic acids is 3. The van der Waals surface area contributed by atoms with Gasteiger partial charge in [-0.3, -0.25) is 14.4 Å². The van der Waals surface area contributed by atoms with E-state index in [4.69, 9.17) is 4.74 Å². The van der Waals surface area contributed by atoms with E-state index in [-0.39, 0.29) is 30.9 Å². The summed E-state index contributed by atoms with van der Waals surface area (Å²) in [6.45, 7) is 3.76. The number of nitriles is 1. The van der Waals surface area contributed by atoms with Gasteiger partial charge < -0.3 is 25.7 Å². The molecule has 14 nitrogen and oxygen atoms in total. The van der Waals surface area contributed by atoms with E-state index in [0.29, 0.717) is 22.2 Å². The topological polar surface area (TPSA) is 208 Å². The minimum Gasteiger partial charge on any atom is -0.496 e. The number of benzene rings is 3. The number of nitrogens with zero attached hydrogens (tertiary/aromatic N) is 2. The maximum atomic E-state index is 14.9. The van der Waals surface area contributed by atoms with Crippen LogP contribution in [0.15, 0.2) is 88.7 Å². The number of ether oxygens (including phenoxy) is 1. The van der Waals surface area contributed by atoms with E-state index < -0.39 is 75.5 Å². The van der Waals surface area contributed by atoms with E-state index in [1.54, 1.807) is 24.3 Å². The van der Waals surface area contributed by atoms with Crippen LogP contribution in [0.3, 0.4) is 0 Å². The predicted molar refractivity (Wildman–Crippen MR) is 187 cm³/mol. The fourth-order valence-corrected chi connectivity index (χ4v) is 8.85. The second kappa shape index (κ2) is 15.5. The van der Waals surface area contributed by atoms with Crippen LogP contribution in [0, 0.1) is 23.2 Å². The molecule has 3 amide bonds. The molecule has 4 aromatic rings. The quantitative estimate of drug-likeness (QED) is 0.138. The van der Waals surface area contributed by atoms with Gasteiger partial charge in [0.05, 0.1) is 32.9 Å². The number of methoxy groups -OCH3 is 1. The zero-order chi connectivity index (χ0) is 37.8. The lowest BCUT2D eigenvalue weighted by atomic mass is 9.94. The second-order valence-electron chi connectivity index (χ2n) is 12.7. The third kappa shape index (κ3) is 8.09. The van der Waals surface area contributed by atoms with Crippen LogP contribution >= 0.6 is 0 Å². The average Bonchev–Trinajstić information content (AvgIpc) is 3.74. The molecule has 1 aromatic heterocycles. The van der Waals surface area contributed by atoms with Gasteiger partial charge in [-0.15, -0.1) is 4.48 Å². The third-order valence-electron chi connectivity index (χ3n) is 8.62. The van der Waals surface area contributed by atoms with Crippen molar-refractivity contribution in [3.8, 4) is 11.8 Å². The molecule has 1 fully saturated rings. The van der Waals surface area contributed by atoms with E-state index in [0.717, 1.165) is 24.3 Å². The Hall–Kier alpha value is -5.31. The largest absolute Gasteiger partial charge is 0.496 e. The summed E-state index contributed by atoms with van der Waals surface area (Å²) in [5.74, 6) is -1.66. The van der Waals surface area contributed by atoms with Crippen molar-refractivity contribution in [3.05, 3.63) is 90.1 Å². The normalized spacial score (nSPS) is 17.4. The third-order valence-corrected chi connectivity index (χ3v) is 12.3. The number of nitrogens with one attached hydrogen (secondary N) is 4. The maximum Gasteiger partial charge on any atom is 0.283 e. The predicted octanol–water partition coefficient (Wildman–Crippen LogP) is 3.86. The number of amides is 3. The van der Waals surface area contributed by atoms with Gasteiger partial charge in [0.2, 0.25) is 11.8 Å². The number of sulfonamides is 2. The zero-order valence-corrected chi connectivity index (χ0v) is 30.0. The Morgan fingerprint density at radius 3 is 2.25 bits per heavy atom. The van der Waals surface area contributed by atoms with Crippen LogP contribution in [0.25, 0.3) is 10.9 Å². The monoisotopic (exact) mass is 752 g/mol. The van der Waals surface area contributed by atoms with E-state index in [9.17, 15) is 41.0 Å². The van der Waals surface area contributed by atoms with Crippen LogP contribution in [0.2, 0.25) is 0 Å². The highest BCUT2D eigenvalue weighted by Gasteiger charge is 2.39. The smallest absolute Gasteiger partial charge is 0.283 e. The van der Waals surface area contributed by atoms with Crippen molar-refractivity contribution in [1.29, 1.82) is 5.26 Å². The van der Waals surface area contributed by atoms with Crippen LogP contribution in [-0.4, -0.2) is 62.7 Å². The molecule has 4 N–H and O–H groups in total. The molecule has 274 valence electrons. The standard InChI is InChI=1S/C35H37FN6O8S2/c1-21(2)16-30(41-35(45)31-19-27-28(39-31)10-7-11-32(27)50-3)34(44)38-24(20-37)17-23-18-29(40-33(23)43)22-12-14-26(15-13-22)52(48,49)42(36)51(46,47)25-8-5-4-6-9-25/h4-15,19,21,23-24,29-30,39H,16-18H2,1-3H3,(H,38,44)(H,40,43)(H,41,45)/t23-,24+,29?,30+/m1/s1. The first kappa shape index (κ1) is 37.9. The molecule has 0 spiro atoms. The van der Waals surface area contributed by atoms with Crippen molar-refractivity contribution < 1.29 is 40.4 Å². The van der Waals surface area contributed by atoms with Crippen molar-refractivity contribution in [3.63, 3.8) is 0 Å². The Bertz CT molecular complexity index is 2220. The number of fused-ring (bicyclic) bond motifs is 1. The van der Waals surface area contributed by atoms with Gasteiger partial charge in [0.25, 0.3) is 26.0 Å². The van der Waals surface area contributed by atoms with E-state index >= 15 is 0 Å². The Morgan fingerprint density at radius 2 is 1.63 bits per heavy atom. The van der Waals surface area contributed by atoms with Gasteiger partial charge in [-0.05, 0) is 73.2 Å².